The maximum Gasteiger partial charge on any atom is 0.173 e. The SMILES string of the molecule is CNC(C)c1nnnn1-c1ccc(Cl)c(Cl)c1. The van der Waals surface area contributed by atoms with Gasteiger partial charge in [0.1, 0.15) is 0 Å². The lowest BCUT2D eigenvalue weighted by Gasteiger charge is -2.10. The minimum Gasteiger partial charge on any atom is -0.311 e. The molecule has 17 heavy (non-hydrogen) atoms. The second-order valence-electron chi connectivity index (χ2n) is 3.56. The summed E-state index contributed by atoms with van der Waals surface area (Å²) in [5.74, 6) is 0.714. The predicted octanol–water partition coefficient (Wildman–Crippen LogP) is 2.25. The van der Waals surface area contributed by atoms with E-state index in [9.17, 15) is 0 Å². The topological polar surface area (TPSA) is 55.6 Å². The number of benzene rings is 1. The van der Waals surface area contributed by atoms with Gasteiger partial charge in [-0.15, -0.1) is 5.10 Å². The molecule has 90 valence electrons. The van der Waals surface area contributed by atoms with Crippen molar-refractivity contribution in [3.63, 3.8) is 0 Å². The first-order chi connectivity index (χ1) is 8.13. The smallest absolute Gasteiger partial charge is 0.173 e. The van der Waals surface area contributed by atoms with E-state index in [0.717, 1.165) is 5.69 Å². The Bertz CT molecular complexity index is 525. The Kier molecular flexibility index (Phi) is 3.61. The molecule has 0 radical (unpaired) electrons. The molecule has 0 aliphatic heterocycles. The van der Waals surface area contributed by atoms with E-state index in [2.05, 4.69) is 20.8 Å². The van der Waals surface area contributed by atoms with Crippen molar-refractivity contribution in [1.29, 1.82) is 0 Å². The Morgan fingerprint density at radius 1 is 1.29 bits per heavy atom. The van der Waals surface area contributed by atoms with Crippen LogP contribution in [-0.2, 0) is 0 Å². The largest absolute Gasteiger partial charge is 0.311 e. The van der Waals surface area contributed by atoms with Crippen LogP contribution in [0.15, 0.2) is 18.2 Å². The monoisotopic (exact) mass is 271 g/mol. The molecular formula is C10H11Cl2N5. The number of tetrazole rings is 1. The van der Waals surface area contributed by atoms with Crippen LogP contribution in [-0.4, -0.2) is 27.3 Å². The molecular weight excluding hydrogens is 261 g/mol. The van der Waals surface area contributed by atoms with Gasteiger partial charge in [0.2, 0.25) is 0 Å². The molecule has 0 spiro atoms. The third kappa shape index (κ3) is 2.41. The first-order valence-corrected chi connectivity index (χ1v) is 5.80. The van der Waals surface area contributed by atoms with Gasteiger partial charge in [-0.05, 0) is 42.6 Å². The lowest BCUT2D eigenvalue weighted by molar-refractivity contribution is 0.588. The average Bonchev–Trinajstić information content (AvgIpc) is 2.80. The lowest BCUT2D eigenvalue weighted by Crippen LogP contribution is -2.17. The van der Waals surface area contributed by atoms with Crippen LogP contribution in [0.4, 0.5) is 0 Å². The van der Waals surface area contributed by atoms with E-state index in [0.29, 0.717) is 15.9 Å². The van der Waals surface area contributed by atoms with E-state index < -0.39 is 0 Å². The third-order valence-electron chi connectivity index (χ3n) is 2.46. The Hall–Kier alpha value is -1.17. The summed E-state index contributed by atoms with van der Waals surface area (Å²) in [7, 11) is 1.85. The van der Waals surface area contributed by atoms with E-state index in [1.165, 1.54) is 0 Å². The predicted molar refractivity (Wildman–Crippen MR) is 66.6 cm³/mol. The summed E-state index contributed by atoms with van der Waals surface area (Å²) in [6, 6.07) is 5.30. The number of hydrogen-bond acceptors (Lipinski definition) is 4. The van der Waals surface area contributed by atoms with Crippen LogP contribution in [0, 0.1) is 0 Å². The molecule has 0 saturated heterocycles. The molecule has 0 bridgehead atoms. The van der Waals surface area contributed by atoms with Crippen molar-refractivity contribution in [1.82, 2.24) is 25.5 Å². The first-order valence-electron chi connectivity index (χ1n) is 5.04. The van der Waals surface area contributed by atoms with Crippen molar-refractivity contribution >= 4 is 23.2 Å². The van der Waals surface area contributed by atoms with Crippen molar-refractivity contribution < 1.29 is 0 Å². The van der Waals surface area contributed by atoms with Crippen LogP contribution >= 0.6 is 23.2 Å². The highest BCUT2D eigenvalue weighted by molar-refractivity contribution is 6.42. The highest BCUT2D eigenvalue weighted by Crippen LogP contribution is 2.25. The molecule has 0 aliphatic carbocycles. The Morgan fingerprint density at radius 2 is 2.06 bits per heavy atom. The molecule has 1 aromatic carbocycles. The maximum absolute atomic E-state index is 5.97. The fourth-order valence-electron chi connectivity index (χ4n) is 1.39. The van der Waals surface area contributed by atoms with Crippen LogP contribution in [0.2, 0.25) is 10.0 Å². The summed E-state index contributed by atoms with van der Waals surface area (Å²) in [6.07, 6.45) is 0. The zero-order chi connectivity index (χ0) is 12.4. The molecule has 0 fully saturated rings. The van der Waals surface area contributed by atoms with Gasteiger partial charge in [-0.25, -0.2) is 0 Å². The summed E-state index contributed by atoms with van der Waals surface area (Å²) < 4.78 is 1.63. The molecule has 0 aliphatic rings. The molecule has 7 heteroatoms. The molecule has 2 aromatic rings. The zero-order valence-electron chi connectivity index (χ0n) is 9.35. The van der Waals surface area contributed by atoms with Gasteiger partial charge < -0.3 is 5.32 Å². The van der Waals surface area contributed by atoms with Gasteiger partial charge in [0.15, 0.2) is 5.82 Å². The molecule has 0 saturated carbocycles. The lowest BCUT2D eigenvalue weighted by atomic mass is 10.3. The molecule has 1 N–H and O–H groups in total. The van der Waals surface area contributed by atoms with E-state index >= 15 is 0 Å². The van der Waals surface area contributed by atoms with Crippen molar-refractivity contribution in [2.75, 3.05) is 7.05 Å². The summed E-state index contributed by atoms with van der Waals surface area (Å²) in [5, 5.41) is 15.6. The van der Waals surface area contributed by atoms with E-state index in [4.69, 9.17) is 23.2 Å². The highest BCUT2D eigenvalue weighted by atomic mass is 35.5. The third-order valence-corrected chi connectivity index (χ3v) is 3.20. The van der Waals surface area contributed by atoms with Gasteiger partial charge >= 0.3 is 0 Å². The minimum absolute atomic E-state index is 0.0412. The normalized spacial score (nSPS) is 12.7. The summed E-state index contributed by atoms with van der Waals surface area (Å²) in [6.45, 7) is 1.97. The van der Waals surface area contributed by atoms with Crippen LogP contribution in [0.1, 0.15) is 18.8 Å². The quantitative estimate of drug-likeness (QED) is 0.931. The number of halogens is 2. The van der Waals surface area contributed by atoms with Gasteiger partial charge in [-0.3, -0.25) is 0 Å². The number of hydrogen-bond donors (Lipinski definition) is 1. The van der Waals surface area contributed by atoms with E-state index in [-0.39, 0.29) is 6.04 Å². The van der Waals surface area contributed by atoms with Crippen LogP contribution in [0.5, 0.6) is 0 Å². The molecule has 1 heterocycles. The minimum atomic E-state index is 0.0412. The van der Waals surface area contributed by atoms with Crippen LogP contribution < -0.4 is 5.32 Å². The second-order valence-corrected chi connectivity index (χ2v) is 4.37. The Morgan fingerprint density at radius 3 is 2.71 bits per heavy atom. The van der Waals surface area contributed by atoms with Crippen LogP contribution in [0.3, 0.4) is 0 Å². The van der Waals surface area contributed by atoms with Gasteiger partial charge in [-0.1, -0.05) is 23.2 Å². The number of nitrogens with one attached hydrogen (secondary N) is 1. The van der Waals surface area contributed by atoms with E-state index in [1.54, 1.807) is 16.8 Å². The van der Waals surface area contributed by atoms with Crippen molar-refractivity contribution in [2.45, 2.75) is 13.0 Å². The van der Waals surface area contributed by atoms with Crippen molar-refractivity contribution in [3.05, 3.63) is 34.1 Å². The highest BCUT2D eigenvalue weighted by Gasteiger charge is 2.14. The number of aromatic nitrogens is 4. The zero-order valence-corrected chi connectivity index (χ0v) is 10.9. The van der Waals surface area contributed by atoms with Crippen LogP contribution in [0.25, 0.3) is 5.69 Å². The first kappa shape index (κ1) is 12.3. The van der Waals surface area contributed by atoms with Gasteiger partial charge in [-0.2, -0.15) is 4.68 Å². The molecule has 0 amide bonds. The van der Waals surface area contributed by atoms with Crippen molar-refractivity contribution in [3.8, 4) is 5.69 Å². The second kappa shape index (κ2) is 5.00. The maximum atomic E-state index is 5.97. The van der Waals surface area contributed by atoms with Crippen molar-refractivity contribution in [2.24, 2.45) is 0 Å². The standard InChI is InChI=1S/C10H11Cl2N5/c1-6(13-2)10-14-15-16-17(10)7-3-4-8(11)9(12)5-7/h3-6,13H,1-2H3. The summed E-state index contributed by atoms with van der Waals surface area (Å²) >= 11 is 11.8. The fraction of sp³-hybridized carbons (Fsp3) is 0.300. The van der Waals surface area contributed by atoms with Gasteiger partial charge in [0.05, 0.1) is 21.8 Å². The van der Waals surface area contributed by atoms with Gasteiger partial charge in [0.25, 0.3) is 0 Å². The molecule has 1 atom stereocenters. The molecule has 5 nitrogen and oxygen atoms in total. The van der Waals surface area contributed by atoms with Gasteiger partial charge in [0, 0.05) is 0 Å². The average molecular weight is 272 g/mol. The fourth-order valence-corrected chi connectivity index (χ4v) is 1.69. The Labute approximate surface area is 109 Å². The molecule has 1 unspecified atom stereocenters. The molecule has 1 aromatic heterocycles. The number of nitrogens with zero attached hydrogens (tertiary/aromatic N) is 4. The Balaban J connectivity index is 2.46. The van der Waals surface area contributed by atoms with E-state index in [1.807, 2.05) is 20.0 Å². The number of rotatable bonds is 3. The molecule has 2 rings (SSSR count). The summed E-state index contributed by atoms with van der Waals surface area (Å²) in [4.78, 5) is 0. The summed E-state index contributed by atoms with van der Waals surface area (Å²) in [5.41, 5.74) is 0.779.